The SMILES string of the molecule is CCC(N)(CC)CN1C(=O)C2CC2C1=O. The number of hydrogen-bond donors (Lipinski definition) is 1. The molecule has 1 aliphatic heterocycles. The Kier molecular flexibility index (Phi) is 2.34. The van der Waals surface area contributed by atoms with E-state index in [0.717, 1.165) is 19.3 Å². The molecule has 4 nitrogen and oxygen atoms in total. The third-order valence-electron chi connectivity index (χ3n) is 3.84. The summed E-state index contributed by atoms with van der Waals surface area (Å²) in [7, 11) is 0. The molecule has 84 valence electrons. The quantitative estimate of drug-likeness (QED) is 0.688. The highest BCUT2D eigenvalue weighted by Crippen LogP contribution is 2.47. The van der Waals surface area contributed by atoms with Crippen LogP contribution in [0.3, 0.4) is 0 Å². The highest BCUT2D eigenvalue weighted by molar-refractivity contribution is 6.08. The maximum absolute atomic E-state index is 11.7. The van der Waals surface area contributed by atoms with E-state index in [9.17, 15) is 9.59 Å². The number of carbonyl (C=O) groups excluding carboxylic acids is 2. The first-order valence-electron chi connectivity index (χ1n) is 5.66. The van der Waals surface area contributed by atoms with E-state index in [4.69, 9.17) is 5.73 Å². The third-order valence-corrected chi connectivity index (χ3v) is 3.84. The van der Waals surface area contributed by atoms with Gasteiger partial charge in [-0.05, 0) is 19.3 Å². The van der Waals surface area contributed by atoms with Gasteiger partial charge in [0.05, 0.1) is 11.8 Å². The number of nitrogens with two attached hydrogens (primary N) is 1. The number of amides is 2. The fourth-order valence-corrected chi connectivity index (χ4v) is 2.19. The zero-order valence-electron chi connectivity index (χ0n) is 9.32. The van der Waals surface area contributed by atoms with Gasteiger partial charge < -0.3 is 5.73 Å². The van der Waals surface area contributed by atoms with Gasteiger partial charge in [-0.25, -0.2) is 0 Å². The number of likely N-dealkylation sites (tertiary alicyclic amines) is 1. The lowest BCUT2D eigenvalue weighted by Gasteiger charge is -2.31. The average Bonchev–Trinajstić information content (AvgIpc) is 2.99. The number of fused-ring (bicyclic) bond motifs is 1. The molecule has 0 radical (unpaired) electrons. The summed E-state index contributed by atoms with van der Waals surface area (Å²) in [5.74, 6) is -0.00521. The summed E-state index contributed by atoms with van der Waals surface area (Å²) in [5, 5.41) is 0. The molecule has 0 aromatic rings. The lowest BCUT2D eigenvalue weighted by molar-refractivity contribution is -0.142. The smallest absolute Gasteiger partial charge is 0.233 e. The summed E-state index contributed by atoms with van der Waals surface area (Å²) in [6.45, 7) is 4.38. The van der Waals surface area contributed by atoms with Gasteiger partial charge in [-0.15, -0.1) is 0 Å². The molecule has 0 spiro atoms. The summed E-state index contributed by atoms with van der Waals surface area (Å²) in [5.41, 5.74) is 5.71. The van der Waals surface area contributed by atoms with E-state index in [0.29, 0.717) is 6.54 Å². The molecule has 1 heterocycles. The van der Waals surface area contributed by atoms with Crippen LogP contribution in [0.5, 0.6) is 0 Å². The Balaban J connectivity index is 2.06. The van der Waals surface area contributed by atoms with Crippen LogP contribution in [0, 0.1) is 11.8 Å². The molecule has 2 unspecified atom stereocenters. The Morgan fingerprint density at radius 3 is 2.13 bits per heavy atom. The van der Waals surface area contributed by atoms with Crippen LogP contribution in [0.2, 0.25) is 0 Å². The average molecular weight is 210 g/mol. The van der Waals surface area contributed by atoms with Crippen molar-refractivity contribution >= 4 is 11.8 Å². The maximum atomic E-state index is 11.7. The second kappa shape index (κ2) is 3.30. The fraction of sp³-hybridized carbons (Fsp3) is 0.818. The topological polar surface area (TPSA) is 63.4 Å². The van der Waals surface area contributed by atoms with Crippen molar-refractivity contribution in [1.29, 1.82) is 0 Å². The predicted molar refractivity (Wildman–Crippen MR) is 55.8 cm³/mol. The zero-order chi connectivity index (χ0) is 11.2. The molecule has 0 aromatic carbocycles. The Morgan fingerprint density at radius 2 is 1.73 bits per heavy atom. The van der Waals surface area contributed by atoms with Crippen molar-refractivity contribution in [1.82, 2.24) is 4.90 Å². The van der Waals surface area contributed by atoms with Gasteiger partial charge in [0.15, 0.2) is 0 Å². The van der Waals surface area contributed by atoms with Gasteiger partial charge in [-0.3, -0.25) is 14.5 Å². The number of hydrogen-bond acceptors (Lipinski definition) is 3. The Labute approximate surface area is 89.8 Å². The summed E-state index contributed by atoms with van der Waals surface area (Å²) >= 11 is 0. The molecule has 0 aromatic heterocycles. The molecule has 2 aliphatic rings. The van der Waals surface area contributed by atoms with Crippen molar-refractivity contribution in [3.05, 3.63) is 0 Å². The van der Waals surface area contributed by atoms with Gasteiger partial charge in [-0.1, -0.05) is 13.8 Å². The lowest BCUT2D eigenvalue weighted by Crippen LogP contribution is -2.51. The minimum Gasteiger partial charge on any atom is -0.324 e. The van der Waals surface area contributed by atoms with Gasteiger partial charge in [0, 0.05) is 12.1 Å². The highest BCUT2D eigenvalue weighted by atomic mass is 16.2. The van der Waals surface area contributed by atoms with E-state index in [1.54, 1.807) is 0 Å². The Bertz CT molecular complexity index is 290. The molecule has 15 heavy (non-hydrogen) atoms. The Hall–Kier alpha value is -0.900. The molecule has 1 saturated carbocycles. The van der Waals surface area contributed by atoms with Gasteiger partial charge in [0.1, 0.15) is 0 Å². The predicted octanol–water partition coefficient (Wildman–Crippen LogP) is 0.509. The third kappa shape index (κ3) is 1.57. The van der Waals surface area contributed by atoms with Crippen LogP contribution in [0.4, 0.5) is 0 Å². The van der Waals surface area contributed by atoms with E-state index in [2.05, 4.69) is 0 Å². The van der Waals surface area contributed by atoms with Crippen molar-refractivity contribution in [3.8, 4) is 0 Å². The van der Waals surface area contributed by atoms with Crippen LogP contribution >= 0.6 is 0 Å². The highest BCUT2D eigenvalue weighted by Gasteiger charge is 2.59. The van der Waals surface area contributed by atoms with E-state index in [1.807, 2.05) is 13.8 Å². The van der Waals surface area contributed by atoms with Crippen LogP contribution in [-0.4, -0.2) is 28.8 Å². The molecule has 1 saturated heterocycles. The minimum atomic E-state index is -0.401. The molecule has 2 atom stereocenters. The molecule has 0 bridgehead atoms. The van der Waals surface area contributed by atoms with E-state index >= 15 is 0 Å². The van der Waals surface area contributed by atoms with Crippen LogP contribution in [0.1, 0.15) is 33.1 Å². The molecule has 2 amide bonds. The number of carbonyl (C=O) groups is 2. The summed E-state index contributed by atoms with van der Waals surface area (Å²) in [6, 6.07) is 0. The van der Waals surface area contributed by atoms with Crippen LogP contribution in [-0.2, 0) is 9.59 Å². The van der Waals surface area contributed by atoms with Gasteiger partial charge in [0.25, 0.3) is 0 Å². The van der Waals surface area contributed by atoms with Gasteiger partial charge >= 0.3 is 0 Å². The second-order valence-corrected chi connectivity index (χ2v) is 4.78. The summed E-state index contributed by atoms with van der Waals surface area (Å²) < 4.78 is 0. The minimum absolute atomic E-state index is 0.00160. The van der Waals surface area contributed by atoms with Crippen molar-refractivity contribution in [2.24, 2.45) is 17.6 Å². The largest absolute Gasteiger partial charge is 0.324 e. The summed E-state index contributed by atoms with van der Waals surface area (Å²) in [6.07, 6.45) is 2.34. The maximum Gasteiger partial charge on any atom is 0.233 e. The standard InChI is InChI=1S/C11H18N2O2/c1-3-11(12,4-2)6-13-9(14)7-5-8(7)10(13)15/h7-8H,3-6,12H2,1-2H3. The second-order valence-electron chi connectivity index (χ2n) is 4.78. The van der Waals surface area contributed by atoms with E-state index in [-0.39, 0.29) is 23.7 Å². The van der Waals surface area contributed by atoms with Crippen LogP contribution in [0.15, 0.2) is 0 Å². The molecule has 2 fully saturated rings. The lowest BCUT2D eigenvalue weighted by atomic mass is 9.93. The number of piperidine rings is 1. The summed E-state index contributed by atoms with van der Waals surface area (Å²) in [4.78, 5) is 24.8. The first-order valence-corrected chi connectivity index (χ1v) is 5.66. The van der Waals surface area contributed by atoms with Crippen LogP contribution in [0.25, 0.3) is 0 Å². The first-order chi connectivity index (χ1) is 7.02. The van der Waals surface area contributed by atoms with Crippen molar-refractivity contribution in [3.63, 3.8) is 0 Å². The van der Waals surface area contributed by atoms with E-state index < -0.39 is 5.54 Å². The monoisotopic (exact) mass is 210 g/mol. The normalized spacial score (nSPS) is 29.7. The fourth-order valence-electron chi connectivity index (χ4n) is 2.19. The zero-order valence-corrected chi connectivity index (χ0v) is 9.32. The molecule has 1 aliphatic carbocycles. The van der Waals surface area contributed by atoms with Crippen LogP contribution < -0.4 is 5.73 Å². The molecule has 4 heteroatoms. The molecule has 2 N–H and O–H groups in total. The number of imide groups is 1. The molecular formula is C11H18N2O2. The van der Waals surface area contributed by atoms with Gasteiger partial charge in [-0.2, -0.15) is 0 Å². The number of nitrogens with zero attached hydrogens (tertiary/aromatic N) is 1. The Morgan fingerprint density at radius 1 is 1.27 bits per heavy atom. The van der Waals surface area contributed by atoms with E-state index in [1.165, 1.54) is 4.90 Å². The van der Waals surface area contributed by atoms with Crippen molar-refractivity contribution in [2.75, 3.05) is 6.54 Å². The van der Waals surface area contributed by atoms with Gasteiger partial charge in [0.2, 0.25) is 11.8 Å². The molecular weight excluding hydrogens is 192 g/mol. The van der Waals surface area contributed by atoms with Crippen molar-refractivity contribution in [2.45, 2.75) is 38.6 Å². The van der Waals surface area contributed by atoms with Crippen molar-refractivity contribution < 1.29 is 9.59 Å². The first kappa shape index (κ1) is 10.6. The number of rotatable bonds is 4. The molecule has 2 rings (SSSR count).